The maximum absolute atomic E-state index is 15.0. The lowest BCUT2D eigenvalue weighted by Crippen LogP contribution is -2.59. The van der Waals surface area contributed by atoms with E-state index in [1.807, 2.05) is 75.4 Å². The molecule has 4 aliphatic rings. The summed E-state index contributed by atoms with van der Waals surface area (Å²) in [6, 6.07) is 24.2. The summed E-state index contributed by atoms with van der Waals surface area (Å²) in [7, 11) is 0. The maximum atomic E-state index is 15.0. The second kappa shape index (κ2) is 18.0. The van der Waals surface area contributed by atoms with Crippen molar-refractivity contribution in [1.29, 1.82) is 0 Å². The zero-order valence-corrected chi connectivity index (χ0v) is 35.3. The van der Waals surface area contributed by atoms with E-state index in [0.29, 0.717) is 25.5 Å². The molecule has 7 rings (SSSR count). The first-order valence-electron chi connectivity index (χ1n) is 21.5. The highest BCUT2D eigenvalue weighted by Crippen LogP contribution is 2.45. The van der Waals surface area contributed by atoms with Crippen molar-refractivity contribution >= 4 is 23.6 Å². The molecule has 1 saturated carbocycles. The first-order chi connectivity index (χ1) is 28.4. The Balaban J connectivity index is 1.12. The van der Waals surface area contributed by atoms with Crippen LogP contribution in [0.1, 0.15) is 109 Å². The van der Waals surface area contributed by atoms with Crippen molar-refractivity contribution in [3.8, 4) is 11.1 Å². The van der Waals surface area contributed by atoms with Crippen LogP contribution < -0.4 is 16.0 Å². The number of fused-ring (bicyclic) bond motifs is 3. The molecule has 2 heterocycles. The van der Waals surface area contributed by atoms with Gasteiger partial charge < -0.3 is 35.2 Å². The second-order valence-corrected chi connectivity index (χ2v) is 17.8. The molecule has 5 atom stereocenters. The van der Waals surface area contributed by atoms with Crippen LogP contribution >= 0.6 is 0 Å². The number of nitrogens with one attached hydrogen (secondary N) is 3. The van der Waals surface area contributed by atoms with E-state index in [4.69, 9.17) is 14.3 Å². The Kier molecular flexibility index (Phi) is 12.8. The SMILES string of the molecule is C=C(NC1CC1)C(OCCCC)[C@H](CCC)NC(=O)C1C[C@]2(CC(c3ccccc3)=NO2)CN1C(=O)C(NC(=O)OCC1c2ccccc2-c2ccccc21)C(C)(C)C. The van der Waals surface area contributed by atoms with Crippen LogP contribution in [0, 0.1) is 5.41 Å². The third kappa shape index (κ3) is 9.51. The number of amides is 3. The fourth-order valence-corrected chi connectivity index (χ4v) is 8.76. The monoisotopic (exact) mass is 803 g/mol. The molecule has 2 fully saturated rings. The number of hydrogen-bond donors (Lipinski definition) is 3. The molecular weight excluding hydrogens is 743 g/mol. The average Bonchev–Trinajstić information content (AvgIpc) is 3.68. The Labute approximate surface area is 349 Å². The van der Waals surface area contributed by atoms with E-state index in [-0.39, 0.29) is 43.3 Å². The molecule has 0 aromatic heterocycles. The predicted octanol–water partition coefficient (Wildman–Crippen LogP) is 7.84. The van der Waals surface area contributed by atoms with Gasteiger partial charge in [0.25, 0.3) is 0 Å². The van der Waals surface area contributed by atoms with E-state index in [2.05, 4.69) is 65.8 Å². The quantitative estimate of drug-likeness (QED) is 0.119. The molecule has 11 nitrogen and oxygen atoms in total. The molecule has 0 radical (unpaired) electrons. The average molecular weight is 804 g/mol. The molecule has 3 amide bonds. The lowest BCUT2D eigenvalue weighted by molar-refractivity contribution is -0.143. The number of rotatable bonds is 17. The highest BCUT2D eigenvalue weighted by molar-refractivity contribution is 6.02. The lowest BCUT2D eigenvalue weighted by atomic mass is 9.85. The van der Waals surface area contributed by atoms with E-state index < -0.39 is 35.3 Å². The Hall–Kier alpha value is -5.16. The summed E-state index contributed by atoms with van der Waals surface area (Å²) in [5.74, 6) is -0.826. The van der Waals surface area contributed by atoms with E-state index in [1.165, 1.54) is 0 Å². The number of ether oxygens (including phenoxy) is 2. The fraction of sp³-hybridized carbons (Fsp3) is 0.500. The first-order valence-corrected chi connectivity index (χ1v) is 21.5. The molecule has 3 unspecified atom stereocenters. The Morgan fingerprint density at radius 3 is 2.22 bits per heavy atom. The second-order valence-electron chi connectivity index (χ2n) is 17.8. The number of alkyl carbamates (subject to hydrolysis) is 1. The molecule has 3 N–H and O–H groups in total. The summed E-state index contributed by atoms with van der Waals surface area (Å²) in [6.45, 7) is 15.0. The van der Waals surface area contributed by atoms with E-state index in [0.717, 1.165) is 71.3 Å². The summed E-state index contributed by atoms with van der Waals surface area (Å²) in [6.07, 6.45) is 5.01. The van der Waals surface area contributed by atoms with Crippen LogP contribution in [0.25, 0.3) is 11.1 Å². The van der Waals surface area contributed by atoms with Crippen LogP contribution in [0.3, 0.4) is 0 Å². The fourth-order valence-electron chi connectivity index (χ4n) is 8.76. The van der Waals surface area contributed by atoms with Gasteiger partial charge in [-0.1, -0.05) is 138 Å². The van der Waals surface area contributed by atoms with Crippen LogP contribution in [-0.4, -0.2) is 84.2 Å². The number of carbonyl (C=O) groups is 3. The standard InChI is InChI=1S/C48H61N5O6/c1-7-9-26-57-42(31(3)49-33-24-25-33)39(17-8-2)50-44(54)41-28-48(27-40(52-59-48)32-18-11-10-12-19-32)30-53(41)45(55)43(47(4,5)6)51-46(56)58-29-38-36-22-15-13-20-34(36)35-21-14-16-23-37(35)38/h10-16,18-23,33,38-39,41-43,49H,3,7-9,17,24-30H2,1-2,4-6H3,(H,50,54)(H,51,56)/t39-,41?,42?,43?,48+/m0/s1. The number of oxime groups is 1. The van der Waals surface area contributed by atoms with Crippen LogP contribution in [0.5, 0.6) is 0 Å². The van der Waals surface area contributed by atoms with E-state index >= 15 is 4.79 Å². The number of hydrogen-bond acceptors (Lipinski definition) is 8. The van der Waals surface area contributed by atoms with Gasteiger partial charge in [-0.15, -0.1) is 0 Å². The third-order valence-corrected chi connectivity index (χ3v) is 12.0. The number of unbranched alkanes of at least 4 members (excludes halogenated alkanes) is 1. The molecule has 3 aromatic carbocycles. The summed E-state index contributed by atoms with van der Waals surface area (Å²) in [4.78, 5) is 51.4. The van der Waals surface area contributed by atoms with Crippen molar-refractivity contribution in [2.24, 2.45) is 10.6 Å². The molecule has 11 heteroatoms. The van der Waals surface area contributed by atoms with Crippen molar-refractivity contribution in [1.82, 2.24) is 20.9 Å². The lowest BCUT2D eigenvalue weighted by Gasteiger charge is -2.36. The number of carbonyl (C=O) groups excluding carboxylic acids is 3. The van der Waals surface area contributed by atoms with Crippen molar-refractivity contribution in [2.75, 3.05) is 19.8 Å². The number of likely N-dealkylation sites (tertiary alicyclic amines) is 1. The maximum Gasteiger partial charge on any atom is 0.407 e. The Morgan fingerprint density at radius 2 is 1.59 bits per heavy atom. The normalized spacial score (nSPS) is 21.1. The van der Waals surface area contributed by atoms with Crippen molar-refractivity contribution in [3.63, 3.8) is 0 Å². The largest absolute Gasteiger partial charge is 0.449 e. The van der Waals surface area contributed by atoms with E-state index in [9.17, 15) is 9.59 Å². The summed E-state index contributed by atoms with van der Waals surface area (Å²) in [5, 5.41) is 14.3. The molecular formula is C48H61N5O6. The highest BCUT2D eigenvalue weighted by Gasteiger charge is 2.56. The Bertz CT molecular complexity index is 1980. The van der Waals surface area contributed by atoms with Crippen molar-refractivity contribution < 1.29 is 28.7 Å². The summed E-state index contributed by atoms with van der Waals surface area (Å²) >= 11 is 0. The van der Waals surface area contributed by atoms with Gasteiger partial charge in [0, 0.05) is 37.1 Å². The molecule has 0 bridgehead atoms. The van der Waals surface area contributed by atoms with Gasteiger partial charge in [0.05, 0.1) is 18.3 Å². The number of nitrogens with zero attached hydrogens (tertiary/aromatic N) is 2. The zero-order chi connectivity index (χ0) is 41.7. The topological polar surface area (TPSA) is 131 Å². The molecule has 2 aliphatic heterocycles. The van der Waals surface area contributed by atoms with E-state index in [1.54, 1.807) is 4.90 Å². The number of benzene rings is 3. The van der Waals surface area contributed by atoms with Crippen LogP contribution in [-0.2, 0) is 23.9 Å². The van der Waals surface area contributed by atoms with Gasteiger partial charge in [0.1, 0.15) is 24.8 Å². The predicted molar refractivity (Wildman–Crippen MR) is 230 cm³/mol. The van der Waals surface area contributed by atoms with Gasteiger partial charge in [-0.05, 0) is 58.9 Å². The van der Waals surface area contributed by atoms with Crippen molar-refractivity contribution in [2.45, 2.75) is 128 Å². The minimum atomic E-state index is -1.02. The van der Waals surface area contributed by atoms with Gasteiger partial charge in [0.15, 0.2) is 5.60 Å². The van der Waals surface area contributed by atoms with Gasteiger partial charge in [-0.2, -0.15) is 0 Å². The molecule has 1 saturated heterocycles. The highest BCUT2D eigenvalue weighted by atomic mass is 16.7. The van der Waals surface area contributed by atoms with Gasteiger partial charge >= 0.3 is 6.09 Å². The van der Waals surface area contributed by atoms with Gasteiger partial charge in [-0.25, -0.2) is 4.79 Å². The van der Waals surface area contributed by atoms with Crippen LogP contribution in [0.4, 0.5) is 4.79 Å². The van der Waals surface area contributed by atoms with Gasteiger partial charge in [0.2, 0.25) is 11.8 Å². The van der Waals surface area contributed by atoms with Crippen LogP contribution in [0.15, 0.2) is 96.3 Å². The third-order valence-electron chi connectivity index (χ3n) is 12.0. The smallest absolute Gasteiger partial charge is 0.407 e. The van der Waals surface area contributed by atoms with Crippen molar-refractivity contribution in [3.05, 3.63) is 108 Å². The van der Waals surface area contributed by atoms with Crippen LogP contribution in [0.2, 0.25) is 0 Å². The molecule has 1 spiro atoms. The zero-order valence-electron chi connectivity index (χ0n) is 35.3. The molecule has 3 aromatic rings. The molecule has 59 heavy (non-hydrogen) atoms. The molecule has 2 aliphatic carbocycles. The summed E-state index contributed by atoms with van der Waals surface area (Å²) < 4.78 is 12.4. The van der Waals surface area contributed by atoms with Gasteiger partial charge in [-0.3, -0.25) is 9.59 Å². The Morgan fingerprint density at radius 1 is 0.932 bits per heavy atom. The molecule has 314 valence electrons. The minimum Gasteiger partial charge on any atom is -0.449 e. The first kappa shape index (κ1) is 42.0. The minimum absolute atomic E-state index is 0.109. The summed E-state index contributed by atoms with van der Waals surface area (Å²) in [5.41, 5.74) is 5.24.